The first-order chi connectivity index (χ1) is 9.65. The lowest BCUT2D eigenvalue weighted by Crippen LogP contribution is -2.39. The third-order valence-corrected chi connectivity index (χ3v) is 4.51. The summed E-state index contributed by atoms with van der Waals surface area (Å²) in [4.78, 5) is 7.22. The number of pyridine rings is 1. The van der Waals surface area contributed by atoms with Crippen LogP contribution >= 0.6 is 0 Å². The van der Waals surface area contributed by atoms with Crippen LogP contribution in [0.5, 0.6) is 0 Å². The predicted octanol–water partition coefficient (Wildman–Crippen LogP) is 3.25. The van der Waals surface area contributed by atoms with Crippen LogP contribution in [0.15, 0.2) is 30.3 Å². The Hall–Kier alpha value is -1.61. The van der Waals surface area contributed by atoms with Gasteiger partial charge in [-0.25, -0.2) is 4.98 Å². The molecule has 1 aliphatic carbocycles. The summed E-state index contributed by atoms with van der Waals surface area (Å²) >= 11 is 0. The highest BCUT2D eigenvalue weighted by Gasteiger charge is 2.23. The van der Waals surface area contributed by atoms with Gasteiger partial charge in [-0.3, -0.25) is 0 Å². The van der Waals surface area contributed by atoms with Crippen LogP contribution in [0.1, 0.15) is 31.2 Å². The van der Waals surface area contributed by atoms with E-state index in [1.165, 1.54) is 23.8 Å². The molecule has 3 heteroatoms. The van der Waals surface area contributed by atoms with Gasteiger partial charge >= 0.3 is 0 Å². The zero-order valence-corrected chi connectivity index (χ0v) is 12.3. The Morgan fingerprint density at radius 1 is 1.15 bits per heavy atom. The summed E-state index contributed by atoms with van der Waals surface area (Å²) < 4.78 is 0. The van der Waals surface area contributed by atoms with Crippen molar-refractivity contribution in [2.75, 3.05) is 11.9 Å². The van der Waals surface area contributed by atoms with Crippen molar-refractivity contribution in [1.29, 1.82) is 0 Å². The largest absolute Gasteiger partial charge is 0.356 e. The topological polar surface area (TPSA) is 42.2 Å². The van der Waals surface area contributed by atoms with Crippen LogP contribution in [0.25, 0.3) is 10.9 Å². The van der Waals surface area contributed by atoms with E-state index in [1.54, 1.807) is 0 Å². The van der Waals surface area contributed by atoms with E-state index < -0.39 is 0 Å². The SMILES string of the molecule is Cc1cc2ccccc2nc1N(C)C1CCC(N)CC1. The second kappa shape index (κ2) is 5.41. The molecule has 0 unspecified atom stereocenters. The molecule has 1 aromatic carbocycles. The smallest absolute Gasteiger partial charge is 0.132 e. The number of benzene rings is 1. The first-order valence-electron chi connectivity index (χ1n) is 7.50. The van der Waals surface area contributed by atoms with Gasteiger partial charge in [-0.15, -0.1) is 0 Å². The minimum Gasteiger partial charge on any atom is -0.356 e. The molecule has 0 amide bonds. The average Bonchev–Trinajstić information content (AvgIpc) is 2.46. The highest BCUT2D eigenvalue weighted by molar-refractivity contribution is 5.81. The quantitative estimate of drug-likeness (QED) is 0.910. The monoisotopic (exact) mass is 269 g/mol. The Morgan fingerprint density at radius 2 is 1.85 bits per heavy atom. The third-order valence-electron chi connectivity index (χ3n) is 4.51. The zero-order chi connectivity index (χ0) is 14.1. The molecule has 0 radical (unpaired) electrons. The molecule has 2 N–H and O–H groups in total. The molecule has 1 aliphatic rings. The fraction of sp³-hybridized carbons (Fsp3) is 0.471. The van der Waals surface area contributed by atoms with Gasteiger partial charge in [0.2, 0.25) is 0 Å². The van der Waals surface area contributed by atoms with Gasteiger partial charge in [-0.1, -0.05) is 18.2 Å². The minimum absolute atomic E-state index is 0.394. The minimum atomic E-state index is 0.394. The van der Waals surface area contributed by atoms with E-state index in [9.17, 15) is 0 Å². The van der Waals surface area contributed by atoms with Gasteiger partial charge in [0.25, 0.3) is 0 Å². The summed E-state index contributed by atoms with van der Waals surface area (Å²) in [6.07, 6.45) is 4.60. The number of anilines is 1. The van der Waals surface area contributed by atoms with Crippen molar-refractivity contribution in [2.45, 2.75) is 44.7 Å². The highest BCUT2D eigenvalue weighted by atomic mass is 15.2. The lowest BCUT2D eigenvalue weighted by atomic mass is 9.91. The number of aryl methyl sites for hydroxylation is 1. The molecule has 1 saturated carbocycles. The fourth-order valence-corrected chi connectivity index (χ4v) is 3.23. The molecule has 1 fully saturated rings. The average molecular weight is 269 g/mol. The molecule has 3 rings (SSSR count). The first kappa shape index (κ1) is 13.4. The number of aromatic nitrogens is 1. The van der Waals surface area contributed by atoms with Crippen molar-refractivity contribution in [2.24, 2.45) is 5.73 Å². The van der Waals surface area contributed by atoms with Gasteiger partial charge in [0.05, 0.1) is 5.52 Å². The lowest BCUT2D eigenvalue weighted by molar-refractivity contribution is 0.383. The Labute approximate surface area is 120 Å². The summed E-state index contributed by atoms with van der Waals surface area (Å²) in [7, 11) is 2.17. The number of nitrogens with two attached hydrogens (primary N) is 1. The normalized spacial score (nSPS) is 22.9. The van der Waals surface area contributed by atoms with Crippen LogP contribution in [0.2, 0.25) is 0 Å². The van der Waals surface area contributed by atoms with Crippen molar-refractivity contribution < 1.29 is 0 Å². The van der Waals surface area contributed by atoms with E-state index >= 15 is 0 Å². The molecule has 0 spiro atoms. The van der Waals surface area contributed by atoms with E-state index in [1.807, 2.05) is 6.07 Å². The predicted molar refractivity (Wildman–Crippen MR) is 85.1 cm³/mol. The van der Waals surface area contributed by atoms with Crippen LogP contribution in [-0.4, -0.2) is 24.1 Å². The number of nitrogens with zero attached hydrogens (tertiary/aromatic N) is 2. The third kappa shape index (κ3) is 2.50. The lowest BCUT2D eigenvalue weighted by Gasteiger charge is -2.35. The summed E-state index contributed by atoms with van der Waals surface area (Å²) in [5.74, 6) is 1.11. The van der Waals surface area contributed by atoms with Crippen LogP contribution in [-0.2, 0) is 0 Å². The Kier molecular flexibility index (Phi) is 3.62. The molecule has 3 nitrogen and oxygen atoms in total. The Morgan fingerprint density at radius 3 is 2.60 bits per heavy atom. The standard InChI is InChI=1S/C17H23N3/c1-12-11-13-5-3-4-6-16(13)19-17(12)20(2)15-9-7-14(18)8-10-15/h3-6,11,14-15H,7-10,18H2,1-2H3. The molecule has 20 heavy (non-hydrogen) atoms. The molecule has 1 aromatic heterocycles. The molecule has 0 aliphatic heterocycles. The summed E-state index contributed by atoms with van der Waals surface area (Å²) in [6, 6.07) is 11.5. The first-order valence-corrected chi connectivity index (χ1v) is 7.50. The van der Waals surface area contributed by atoms with E-state index in [2.05, 4.69) is 43.1 Å². The van der Waals surface area contributed by atoms with Crippen LogP contribution in [0.3, 0.4) is 0 Å². The number of rotatable bonds is 2. The van der Waals surface area contributed by atoms with Gasteiger partial charge in [0.1, 0.15) is 5.82 Å². The van der Waals surface area contributed by atoms with Crippen molar-refractivity contribution in [3.8, 4) is 0 Å². The van der Waals surface area contributed by atoms with Crippen LogP contribution < -0.4 is 10.6 Å². The second-order valence-corrected chi connectivity index (χ2v) is 6.00. The van der Waals surface area contributed by atoms with Gasteiger partial charge in [0, 0.05) is 24.5 Å². The van der Waals surface area contributed by atoms with Gasteiger partial charge in [0.15, 0.2) is 0 Å². The van der Waals surface area contributed by atoms with Gasteiger partial charge in [-0.2, -0.15) is 0 Å². The molecular weight excluding hydrogens is 246 g/mol. The maximum Gasteiger partial charge on any atom is 0.132 e. The summed E-state index contributed by atoms with van der Waals surface area (Å²) in [5, 5.41) is 1.22. The molecule has 0 saturated heterocycles. The fourth-order valence-electron chi connectivity index (χ4n) is 3.23. The summed E-state index contributed by atoms with van der Waals surface area (Å²) in [5.41, 5.74) is 8.33. The molecule has 1 heterocycles. The van der Waals surface area contributed by atoms with E-state index in [0.717, 1.165) is 24.2 Å². The molecule has 0 bridgehead atoms. The van der Waals surface area contributed by atoms with Crippen molar-refractivity contribution >= 4 is 16.7 Å². The van der Waals surface area contributed by atoms with Crippen molar-refractivity contribution in [1.82, 2.24) is 4.98 Å². The maximum atomic E-state index is 6.01. The second-order valence-electron chi connectivity index (χ2n) is 6.00. The molecule has 106 valence electrons. The molecular formula is C17H23N3. The van der Waals surface area contributed by atoms with Crippen LogP contribution in [0.4, 0.5) is 5.82 Å². The Bertz CT molecular complexity index is 600. The molecule has 0 atom stereocenters. The van der Waals surface area contributed by atoms with Gasteiger partial charge in [-0.05, 0) is 50.3 Å². The maximum absolute atomic E-state index is 6.01. The van der Waals surface area contributed by atoms with E-state index in [-0.39, 0.29) is 0 Å². The van der Waals surface area contributed by atoms with E-state index in [0.29, 0.717) is 12.1 Å². The highest BCUT2D eigenvalue weighted by Crippen LogP contribution is 2.28. The number of hydrogen-bond acceptors (Lipinski definition) is 3. The Balaban J connectivity index is 1.90. The summed E-state index contributed by atoms with van der Waals surface area (Å²) in [6.45, 7) is 2.15. The van der Waals surface area contributed by atoms with Gasteiger partial charge < -0.3 is 10.6 Å². The van der Waals surface area contributed by atoms with Crippen molar-refractivity contribution in [3.63, 3.8) is 0 Å². The van der Waals surface area contributed by atoms with Crippen LogP contribution in [0, 0.1) is 6.92 Å². The number of para-hydroxylation sites is 1. The number of hydrogen-bond donors (Lipinski definition) is 1. The molecule has 2 aromatic rings. The number of fused-ring (bicyclic) bond motifs is 1. The zero-order valence-electron chi connectivity index (χ0n) is 12.3. The van der Waals surface area contributed by atoms with E-state index in [4.69, 9.17) is 10.7 Å². The van der Waals surface area contributed by atoms with Crippen molar-refractivity contribution in [3.05, 3.63) is 35.9 Å².